The minimum atomic E-state index is 0.127. The first kappa shape index (κ1) is 14.2. The number of nitrogens with zero attached hydrogens (tertiary/aromatic N) is 2. The molecular weight excluding hydrogens is 378 g/mol. The molecule has 0 aromatic carbocycles. The summed E-state index contributed by atoms with van der Waals surface area (Å²) in [5.41, 5.74) is 1.23. The van der Waals surface area contributed by atoms with E-state index in [2.05, 4.69) is 59.7 Å². The van der Waals surface area contributed by atoms with Gasteiger partial charge in [-0.15, -0.1) is 11.3 Å². The van der Waals surface area contributed by atoms with Gasteiger partial charge in [0.25, 0.3) is 0 Å². The first-order valence-corrected chi connectivity index (χ1v) is 8.19. The highest BCUT2D eigenvalue weighted by Crippen LogP contribution is 2.37. The van der Waals surface area contributed by atoms with Crippen LogP contribution in [0.5, 0.6) is 0 Å². The van der Waals surface area contributed by atoms with Crippen molar-refractivity contribution in [1.29, 1.82) is 0 Å². The number of nitrogens with one attached hydrogen (secondary N) is 1. The third kappa shape index (κ3) is 3.04. The summed E-state index contributed by atoms with van der Waals surface area (Å²) in [4.78, 5) is 4.46. The van der Waals surface area contributed by atoms with Crippen molar-refractivity contribution in [3.8, 4) is 0 Å². The summed E-state index contributed by atoms with van der Waals surface area (Å²) in [5.74, 6) is 1.04. The highest BCUT2D eigenvalue weighted by Gasteiger charge is 2.21. The van der Waals surface area contributed by atoms with Crippen LogP contribution in [0.4, 0.5) is 0 Å². The summed E-state index contributed by atoms with van der Waals surface area (Å²) in [6.45, 7) is 3.14. The summed E-state index contributed by atoms with van der Waals surface area (Å²) in [6.07, 6.45) is 4.92. The number of halogens is 2. The lowest BCUT2D eigenvalue weighted by atomic mass is 10.1. The molecule has 0 amide bonds. The van der Waals surface area contributed by atoms with Crippen LogP contribution in [-0.2, 0) is 7.05 Å². The van der Waals surface area contributed by atoms with Crippen molar-refractivity contribution in [3.63, 3.8) is 0 Å². The second-order valence-electron chi connectivity index (χ2n) is 4.06. The molecule has 0 aliphatic heterocycles. The number of aryl methyl sites for hydroxylation is 1. The third-order valence-corrected chi connectivity index (χ3v) is 5.09. The van der Waals surface area contributed by atoms with Gasteiger partial charge < -0.3 is 9.88 Å². The molecule has 2 heterocycles. The van der Waals surface area contributed by atoms with E-state index in [9.17, 15) is 0 Å². The fraction of sp³-hybridized carbons (Fsp3) is 0.417. The van der Waals surface area contributed by atoms with Gasteiger partial charge in [0, 0.05) is 25.0 Å². The number of rotatable bonds is 5. The Morgan fingerprint density at radius 1 is 1.50 bits per heavy atom. The fourth-order valence-corrected chi connectivity index (χ4v) is 4.74. The minimum absolute atomic E-state index is 0.127. The van der Waals surface area contributed by atoms with Crippen LogP contribution in [0, 0.1) is 0 Å². The van der Waals surface area contributed by atoms with Crippen molar-refractivity contribution < 1.29 is 0 Å². The van der Waals surface area contributed by atoms with E-state index in [1.807, 2.05) is 19.4 Å². The van der Waals surface area contributed by atoms with E-state index in [4.69, 9.17) is 0 Å². The Bertz CT molecular complexity index is 521. The molecule has 6 heteroatoms. The molecule has 3 nitrogen and oxygen atoms in total. The van der Waals surface area contributed by atoms with Gasteiger partial charge in [0.05, 0.1) is 13.6 Å². The summed E-state index contributed by atoms with van der Waals surface area (Å²) in [5, 5.41) is 3.56. The summed E-state index contributed by atoms with van der Waals surface area (Å²) < 4.78 is 4.33. The van der Waals surface area contributed by atoms with Crippen LogP contribution in [0.15, 0.2) is 26.0 Å². The molecular formula is C12H15Br2N3S. The number of imidazole rings is 1. The lowest BCUT2D eigenvalue weighted by Gasteiger charge is -2.18. The molecule has 1 unspecified atom stereocenters. The molecule has 1 atom stereocenters. The van der Waals surface area contributed by atoms with Gasteiger partial charge in [-0.25, -0.2) is 4.98 Å². The van der Waals surface area contributed by atoms with Crippen molar-refractivity contribution in [1.82, 2.24) is 14.9 Å². The maximum absolute atomic E-state index is 4.46. The zero-order valence-electron chi connectivity index (χ0n) is 10.3. The van der Waals surface area contributed by atoms with Crippen molar-refractivity contribution in [2.75, 3.05) is 6.54 Å². The van der Waals surface area contributed by atoms with Crippen LogP contribution in [0.25, 0.3) is 0 Å². The molecule has 2 aromatic heterocycles. The topological polar surface area (TPSA) is 29.9 Å². The van der Waals surface area contributed by atoms with Gasteiger partial charge in [-0.3, -0.25) is 0 Å². The Labute approximate surface area is 128 Å². The van der Waals surface area contributed by atoms with Gasteiger partial charge in [0.2, 0.25) is 0 Å². The average molecular weight is 393 g/mol. The van der Waals surface area contributed by atoms with Crippen LogP contribution < -0.4 is 5.32 Å². The molecule has 0 spiro atoms. The molecule has 0 aliphatic rings. The molecule has 0 fully saturated rings. The summed E-state index contributed by atoms with van der Waals surface area (Å²) in [6, 6.07) is 2.28. The predicted octanol–water partition coefficient (Wildman–Crippen LogP) is 4.10. The second kappa shape index (κ2) is 6.32. The molecule has 0 aliphatic carbocycles. The van der Waals surface area contributed by atoms with Gasteiger partial charge in [0.15, 0.2) is 0 Å². The first-order valence-electron chi connectivity index (χ1n) is 5.78. The number of hydrogen-bond donors (Lipinski definition) is 1. The molecule has 0 radical (unpaired) electrons. The van der Waals surface area contributed by atoms with Gasteiger partial charge in [-0.05, 0) is 50.9 Å². The maximum atomic E-state index is 4.46. The normalized spacial score (nSPS) is 12.9. The summed E-state index contributed by atoms with van der Waals surface area (Å²) in [7, 11) is 2.03. The van der Waals surface area contributed by atoms with E-state index in [1.165, 1.54) is 5.56 Å². The monoisotopic (exact) mass is 391 g/mol. The van der Waals surface area contributed by atoms with Crippen molar-refractivity contribution in [3.05, 3.63) is 37.4 Å². The zero-order valence-corrected chi connectivity index (χ0v) is 14.3. The number of aromatic nitrogens is 2. The fourth-order valence-electron chi connectivity index (χ4n) is 1.83. The largest absolute Gasteiger partial charge is 0.336 e. The maximum Gasteiger partial charge on any atom is 0.130 e. The molecule has 2 rings (SSSR count). The Balaban J connectivity index is 2.37. The third-order valence-electron chi connectivity index (χ3n) is 2.71. The standard InChI is InChI=1S/C12H15Br2N3S/c1-3-4-15-10(12-16-5-6-17(12)2)8-7-9(13)18-11(8)14/h5-7,10,15H,3-4H2,1-2H3. The predicted molar refractivity (Wildman–Crippen MR) is 83.1 cm³/mol. The number of thiophene rings is 1. The van der Waals surface area contributed by atoms with Crippen LogP contribution in [0.1, 0.15) is 30.8 Å². The molecule has 0 saturated heterocycles. The van der Waals surface area contributed by atoms with E-state index in [-0.39, 0.29) is 6.04 Å². The first-order chi connectivity index (χ1) is 8.63. The SMILES string of the molecule is CCCNC(c1cc(Br)sc1Br)c1nccn1C. The summed E-state index contributed by atoms with van der Waals surface area (Å²) >= 11 is 8.86. The van der Waals surface area contributed by atoms with E-state index in [0.29, 0.717) is 0 Å². The molecule has 98 valence electrons. The van der Waals surface area contributed by atoms with Crippen molar-refractivity contribution >= 4 is 43.2 Å². The highest BCUT2D eigenvalue weighted by molar-refractivity contribution is 9.12. The quantitative estimate of drug-likeness (QED) is 0.830. The lowest BCUT2D eigenvalue weighted by molar-refractivity contribution is 0.555. The Morgan fingerprint density at radius 3 is 2.78 bits per heavy atom. The number of hydrogen-bond acceptors (Lipinski definition) is 3. The van der Waals surface area contributed by atoms with Gasteiger partial charge in [-0.2, -0.15) is 0 Å². The molecule has 0 bridgehead atoms. The minimum Gasteiger partial charge on any atom is -0.336 e. The smallest absolute Gasteiger partial charge is 0.130 e. The average Bonchev–Trinajstić information content (AvgIpc) is 2.87. The molecule has 0 saturated carbocycles. The Kier molecular flexibility index (Phi) is 5.00. The van der Waals surface area contributed by atoms with E-state index in [0.717, 1.165) is 26.4 Å². The van der Waals surface area contributed by atoms with Crippen molar-refractivity contribution in [2.45, 2.75) is 19.4 Å². The van der Waals surface area contributed by atoms with E-state index >= 15 is 0 Å². The van der Waals surface area contributed by atoms with E-state index < -0.39 is 0 Å². The van der Waals surface area contributed by atoms with Crippen LogP contribution in [-0.4, -0.2) is 16.1 Å². The molecule has 2 aromatic rings. The lowest BCUT2D eigenvalue weighted by Crippen LogP contribution is -2.25. The van der Waals surface area contributed by atoms with E-state index in [1.54, 1.807) is 11.3 Å². The van der Waals surface area contributed by atoms with Gasteiger partial charge >= 0.3 is 0 Å². The van der Waals surface area contributed by atoms with Crippen LogP contribution in [0.2, 0.25) is 0 Å². The second-order valence-corrected chi connectivity index (χ2v) is 7.81. The molecule has 1 N–H and O–H groups in total. The molecule has 18 heavy (non-hydrogen) atoms. The zero-order chi connectivity index (χ0) is 13.1. The Morgan fingerprint density at radius 2 is 2.28 bits per heavy atom. The van der Waals surface area contributed by atoms with Crippen molar-refractivity contribution in [2.24, 2.45) is 7.05 Å². The van der Waals surface area contributed by atoms with Gasteiger partial charge in [-0.1, -0.05) is 6.92 Å². The Hall–Kier alpha value is -0.170. The van der Waals surface area contributed by atoms with Crippen LogP contribution in [0.3, 0.4) is 0 Å². The van der Waals surface area contributed by atoms with Crippen LogP contribution >= 0.6 is 43.2 Å². The highest BCUT2D eigenvalue weighted by atomic mass is 79.9. The van der Waals surface area contributed by atoms with Gasteiger partial charge in [0.1, 0.15) is 5.82 Å².